The molecule has 1 atom stereocenters. The van der Waals surface area contributed by atoms with Crippen molar-refractivity contribution in [3.63, 3.8) is 0 Å². The van der Waals surface area contributed by atoms with E-state index in [4.69, 9.17) is 4.74 Å². The number of hydrogen-bond acceptors (Lipinski definition) is 4. The molecule has 6 nitrogen and oxygen atoms in total. The number of aliphatic imine (C=N–C) groups is 1. The molecule has 0 aliphatic carbocycles. The van der Waals surface area contributed by atoms with Crippen molar-refractivity contribution in [1.29, 1.82) is 0 Å². The number of nitrogens with zero attached hydrogens (tertiary/aromatic N) is 4. The Kier molecular flexibility index (Phi) is 5.44. The van der Waals surface area contributed by atoms with E-state index in [9.17, 15) is 0 Å². The lowest BCUT2D eigenvalue weighted by atomic mass is 9.91. The zero-order chi connectivity index (χ0) is 17.9. The van der Waals surface area contributed by atoms with Crippen LogP contribution in [0, 0.1) is 0 Å². The number of hydrogen-bond donors (Lipinski definition) is 1. The Morgan fingerprint density at radius 2 is 2.36 bits per heavy atom. The van der Waals surface area contributed by atoms with Gasteiger partial charge in [0.2, 0.25) is 0 Å². The minimum Gasteiger partial charge on any atom is -0.370 e. The third-order valence-electron chi connectivity index (χ3n) is 4.55. The summed E-state index contributed by atoms with van der Waals surface area (Å²) >= 11 is 1.80. The molecule has 0 aromatic carbocycles. The summed E-state index contributed by atoms with van der Waals surface area (Å²) < 4.78 is 7.74. The molecule has 0 saturated carbocycles. The number of rotatable bonds is 4. The van der Waals surface area contributed by atoms with Gasteiger partial charge in [0.1, 0.15) is 6.10 Å². The van der Waals surface area contributed by atoms with E-state index in [0.717, 1.165) is 31.2 Å². The van der Waals surface area contributed by atoms with E-state index in [2.05, 4.69) is 51.7 Å². The lowest BCUT2D eigenvalue weighted by molar-refractivity contribution is -0.00808. The highest BCUT2D eigenvalue weighted by atomic mass is 32.1. The molecule has 0 amide bonds. The van der Waals surface area contributed by atoms with Gasteiger partial charge in [-0.2, -0.15) is 5.10 Å². The van der Waals surface area contributed by atoms with E-state index in [0.29, 0.717) is 6.61 Å². The quantitative estimate of drug-likeness (QED) is 0.671. The first-order valence-electron chi connectivity index (χ1n) is 8.59. The summed E-state index contributed by atoms with van der Waals surface area (Å²) in [5.41, 5.74) is 1.18. The van der Waals surface area contributed by atoms with Gasteiger partial charge in [0.05, 0.1) is 19.3 Å². The maximum Gasteiger partial charge on any atom is 0.193 e. The number of aromatic nitrogens is 2. The van der Waals surface area contributed by atoms with E-state index in [1.165, 1.54) is 4.88 Å². The molecule has 7 heteroatoms. The first kappa shape index (κ1) is 17.9. The molecule has 1 aliphatic heterocycles. The summed E-state index contributed by atoms with van der Waals surface area (Å²) in [6.07, 6.45) is 3.93. The van der Waals surface area contributed by atoms with Gasteiger partial charge in [0, 0.05) is 49.2 Å². The SMILES string of the molecule is CN=C(NCC(C)(C)c1cccs1)N1CCOC(c2cnn(C)c2)C1. The molecular weight excluding hydrogens is 334 g/mol. The fraction of sp³-hybridized carbons (Fsp3) is 0.556. The Morgan fingerprint density at radius 3 is 3.00 bits per heavy atom. The van der Waals surface area contributed by atoms with Gasteiger partial charge < -0.3 is 15.0 Å². The van der Waals surface area contributed by atoms with Gasteiger partial charge in [-0.25, -0.2) is 0 Å². The Bertz CT molecular complexity index is 707. The first-order chi connectivity index (χ1) is 12.0. The molecule has 1 aliphatic rings. The predicted octanol–water partition coefficient (Wildman–Crippen LogP) is 2.41. The molecule has 3 rings (SSSR count). The van der Waals surface area contributed by atoms with E-state index in [1.54, 1.807) is 11.3 Å². The van der Waals surface area contributed by atoms with Crippen LogP contribution in [0.4, 0.5) is 0 Å². The van der Waals surface area contributed by atoms with Gasteiger partial charge >= 0.3 is 0 Å². The van der Waals surface area contributed by atoms with Gasteiger partial charge in [-0.15, -0.1) is 11.3 Å². The van der Waals surface area contributed by atoms with Crippen molar-refractivity contribution in [2.45, 2.75) is 25.4 Å². The average Bonchev–Trinajstić information content (AvgIpc) is 3.27. The van der Waals surface area contributed by atoms with Crippen LogP contribution in [0.2, 0.25) is 0 Å². The van der Waals surface area contributed by atoms with Crippen LogP contribution in [0.25, 0.3) is 0 Å². The largest absolute Gasteiger partial charge is 0.370 e. The van der Waals surface area contributed by atoms with Crippen LogP contribution in [0.15, 0.2) is 34.9 Å². The second-order valence-corrected chi connectivity index (χ2v) is 7.96. The molecule has 1 saturated heterocycles. The molecule has 0 bridgehead atoms. The molecule has 0 radical (unpaired) electrons. The van der Waals surface area contributed by atoms with Crippen molar-refractivity contribution in [1.82, 2.24) is 20.0 Å². The summed E-state index contributed by atoms with van der Waals surface area (Å²) in [6, 6.07) is 4.30. The molecule has 1 N–H and O–H groups in total. The fourth-order valence-electron chi connectivity index (χ4n) is 3.03. The van der Waals surface area contributed by atoms with E-state index >= 15 is 0 Å². The number of guanidine groups is 1. The van der Waals surface area contributed by atoms with Gasteiger partial charge in [-0.05, 0) is 11.4 Å². The highest BCUT2D eigenvalue weighted by Gasteiger charge is 2.27. The summed E-state index contributed by atoms with van der Waals surface area (Å²) in [5.74, 6) is 0.932. The smallest absolute Gasteiger partial charge is 0.193 e. The van der Waals surface area contributed by atoms with E-state index < -0.39 is 0 Å². The number of aryl methyl sites for hydroxylation is 1. The third kappa shape index (κ3) is 4.22. The van der Waals surface area contributed by atoms with E-state index in [1.807, 2.05) is 31.2 Å². The van der Waals surface area contributed by atoms with Crippen molar-refractivity contribution < 1.29 is 4.74 Å². The zero-order valence-corrected chi connectivity index (χ0v) is 16.2. The molecule has 1 unspecified atom stereocenters. The van der Waals surface area contributed by atoms with Crippen LogP contribution in [0.1, 0.15) is 30.4 Å². The zero-order valence-electron chi connectivity index (χ0n) is 15.4. The first-order valence-corrected chi connectivity index (χ1v) is 9.47. The maximum atomic E-state index is 5.93. The molecule has 3 heterocycles. The number of morpholine rings is 1. The van der Waals surface area contributed by atoms with Crippen molar-refractivity contribution in [2.24, 2.45) is 12.0 Å². The molecule has 136 valence electrons. The second-order valence-electron chi connectivity index (χ2n) is 7.01. The van der Waals surface area contributed by atoms with Crippen LogP contribution >= 0.6 is 11.3 Å². The lowest BCUT2D eigenvalue weighted by Crippen LogP contribution is -2.50. The topological polar surface area (TPSA) is 54.7 Å². The Balaban J connectivity index is 1.62. The molecule has 0 spiro atoms. The van der Waals surface area contributed by atoms with Crippen molar-refractivity contribution in [3.05, 3.63) is 40.3 Å². The normalized spacial score (nSPS) is 19.3. The Labute approximate surface area is 153 Å². The van der Waals surface area contributed by atoms with Gasteiger partial charge in [0.15, 0.2) is 5.96 Å². The Hall–Kier alpha value is -1.86. The number of thiophene rings is 1. The van der Waals surface area contributed by atoms with Crippen LogP contribution in [0.3, 0.4) is 0 Å². The maximum absolute atomic E-state index is 5.93. The van der Waals surface area contributed by atoms with Crippen LogP contribution in [-0.2, 0) is 17.2 Å². The van der Waals surface area contributed by atoms with Crippen molar-refractivity contribution >= 4 is 17.3 Å². The fourth-order valence-corrected chi connectivity index (χ4v) is 3.88. The minimum absolute atomic E-state index is 0.0336. The van der Waals surface area contributed by atoms with Gasteiger partial charge in [-0.1, -0.05) is 19.9 Å². The standard InChI is InChI=1S/C18H27N5OS/c1-18(2,16-6-5-9-25-16)13-20-17(19-3)23-7-8-24-15(12-23)14-10-21-22(4)11-14/h5-6,9-11,15H,7-8,12-13H2,1-4H3,(H,19,20). The summed E-state index contributed by atoms with van der Waals surface area (Å²) in [5, 5.41) is 9.93. The Morgan fingerprint density at radius 1 is 1.52 bits per heavy atom. The summed E-state index contributed by atoms with van der Waals surface area (Å²) in [4.78, 5) is 8.14. The summed E-state index contributed by atoms with van der Waals surface area (Å²) in [7, 11) is 3.77. The number of ether oxygens (including phenoxy) is 1. The van der Waals surface area contributed by atoms with Gasteiger partial charge in [0.25, 0.3) is 0 Å². The third-order valence-corrected chi connectivity index (χ3v) is 5.79. The lowest BCUT2D eigenvalue weighted by Gasteiger charge is -2.36. The van der Waals surface area contributed by atoms with Crippen LogP contribution < -0.4 is 5.32 Å². The average molecular weight is 362 g/mol. The second kappa shape index (κ2) is 7.58. The van der Waals surface area contributed by atoms with Crippen LogP contribution in [0.5, 0.6) is 0 Å². The highest BCUT2D eigenvalue weighted by Crippen LogP contribution is 2.27. The van der Waals surface area contributed by atoms with Crippen molar-refractivity contribution in [2.75, 3.05) is 33.3 Å². The van der Waals surface area contributed by atoms with E-state index in [-0.39, 0.29) is 11.5 Å². The molecule has 2 aromatic rings. The minimum atomic E-state index is 0.0336. The summed E-state index contributed by atoms with van der Waals surface area (Å²) in [6.45, 7) is 7.68. The van der Waals surface area contributed by atoms with Crippen molar-refractivity contribution in [3.8, 4) is 0 Å². The molecule has 1 fully saturated rings. The predicted molar refractivity (Wildman–Crippen MR) is 102 cm³/mol. The monoisotopic (exact) mass is 361 g/mol. The number of nitrogens with one attached hydrogen (secondary N) is 1. The van der Waals surface area contributed by atoms with Crippen LogP contribution in [-0.4, -0.2) is 53.9 Å². The molecular formula is C18H27N5OS. The molecule has 25 heavy (non-hydrogen) atoms. The highest BCUT2D eigenvalue weighted by molar-refractivity contribution is 7.10. The molecule has 2 aromatic heterocycles. The van der Waals surface area contributed by atoms with Gasteiger partial charge in [-0.3, -0.25) is 9.67 Å².